The molecule has 0 saturated carbocycles. The van der Waals surface area contributed by atoms with Crippen molar-refractivity contribution in [2.45, 2.75) is 31.4 Å². The quantitative estimate of drug-likeness (QED) is 0.774. The zero-order valence-corrected chi connectivity index (χ0v) is 12.2. The van der Waals surface area contributed by atoms with E-state index in [1.54, 1.807) is 0 Å². The van der Waals surface area contributed by atoms with Crippen LogP contribution in [-0.2, 0) is 0 Å². The van der Waals surface area contributed by atoms with Gasteiger partial charge in [0.15, 0.2) is 0 Å². The average Bonchev–Trinajstić information content (AvgIpc) is 2.32. The molecule has 4 heteroatoms. The van der Waals surface area contributed by atoms with E-state index in [1.807, 2.05) is 12.1 Å². The number of nitrogens with two attached hydrogens (primary N) is 1. The van der Waals surface area contributed by atoms with E-state index < -0.39 is 0 Å². The maximum absolute atomic E-state index is 6.37. The molecule has 3 atom stereocenters. The fraction of sp³-hybridized carbons (Fsp3) is 0.571. The van der Waals surface area contributed by atoms with Crippen molar-refractivity contribution in [3.05, 3.63) is 28.2 Å². The molecule has 2 heterocycles. The monoisotopic (exact) mass is 310 g/mol. The molecule has 2 aliphatic rings. The van der Waals surface area contributed by atoms with Gasteiger partial charge in [0, 0.05) is 35.0 Å². The normalized spacial score (nSPS) is 35.1. The lowest BCUT2D eigenvalue weighted by Gasteiger charge is -2.47. The number of nitrogens with one attached hydrogen (secondary N) is 1. The molecule has 1 fully saturated rings. The van der Waals surface area contributed by atoms with Gasteiger partial charge in [-0.1, -0.05) is 28.9 Å². The molecule has 2 aliphatic heterocycles. The minimum Gasteiger partial charge on any atom is -0.486 e. The largest absolute Gasteiger partial charge is 0.486 e. The third-order valence-electron chi connectivity index (χ3n) is 4.33. The van der Waals surface area contributed by atoms with Crippen LogP contribution in [0.3, 0.4) is 0 Å². The van der Waals surface area contributed by atoms with Crippen LogP contribution in [0.2, 0.25) is 0 Å². The highest BCUT2D eigenvalue weighted by molar-refractivity contribution is 9.10. The van der Waals surface area contributed by atoms with Crippen LogP contribution in [0.15, 0.2) is 22.7 Å². The standard InChI is InChI=1S/C14H19BrN2O/c1-9-8-17-5-4-14(9)7-12(16)11-3-2-10(15)6-13(11)18-14/h2-3,6,9,12,17H,4-5,7-8,16H2,1H3. The average molecular weight is 311 g/mol. The van der Waals surface area contributed by atoms with Crippen LogP contribution < -0.4 is 15.8 Å². The highest BCUT2D eigenvalue weighted by Crippen LogP contribution is 2.45. The molecule has 0 radical (unpaired) electrons. The summed E-state index contributed by atoms with van der Waals surface area (Å²) in [5, 5.41) is 3.43. The Bertz CT molecular complexity index is 465. The number of rotatable bonds is 0. The highest BCUT2D eigenvalue weighted by atomic mass is 79.9. The Kier molecular flexibility index (Phi) is 3.12. The number of hydrogen-bond donors (Lipinski definition) is 2. The summed E-state index contributed by atoms with van der Waals surface area (Å²) in [6.45, 7) is 4.28. The second kappa shape index (κ2) is 4.51. The fourth-order valence-corrected chi connectivity index (χ4v) is 3.49. The van der Waals surface area contributed by atoms with Gasteiger partial charge in [-0.25, -0.2) is 0 Å². The van der Waals surface area contributed by atoms with Gasteiger partial charge < -0.3 is 15.8 Å². The first-order valence-electron chi connectivity index (χ1n) is 6.55. The van der Waals surface area contributed by atoms with Crippen molar-refractivity contribution in [2.75, 3.05) is 13.1 Å². The van der Waals surface area contributed by atoms with Crippen LogP contribution in [0, 0.1) is 5.92 Å². The predicted molar refractivity (Wildman–Crippen MR) is 75.7 cm³/mol. The van der Waals surface area contributed by atoms with Crippen molar-refractivity contribution < 1.29 is 4.74 Å². The van der Waals surface area contributed by atoms with E-state index in [1.165, 1.54) is 0 Å². The van der Waals surface area contributed by atoms with E-state index in [0.717, 1.165) is 41.7 Å². The molecule has 1 saturated heterocycles. The first kappa shape index (κ1) is 12.5. The van der Waals surface area contributed by atoms with Gasteiger partial charge in [0.05, 0.1) is 0 Å². The molecule has 3 nitrogen and oxygen atoms in total. The molecule has 18 heavy (non-hydrogen) atoms. The third-order valence-corrected chi connectivity index (χ3v) is 4.82. The number of hydrogen-bond acceptors (Lipinski definition) is 3. The summed E-state index contributed by atoms with van der Waals surface area (Å²) in [6, 6.07) is 6.24. The predicted octanol–water partition coefficient (Wildman–Crippen LogP) is 2.60. The van der Waals surface area contributed by atoms with Crippen molar-refractivity contribution >= 4 is 15.9 Å². The zero-order valence-electron chi connectivity index (χ0n) is 10.6. The Morgan fingerprint density at radius 2 is 2.33 bits per heavy atom. The lowest BCUT2D eigenvalue weighted by atomic mass is 9.75. The van der Waals surface area contributed by atoms with E-state index in [9.17, 15) is 0 Å². The first-order chi connectivity index (χ1) is 8.61. The molecule has 0 bridgehead atoms. The number of piperidine rings is 1. The van der Waals surface area contributed by atoms with Gasteiger partial charge in [-0.2, -0.15) is 0 Å². The number of benzene rings is 1. The maximum atomic E-state index is 6.37. The summed E-state index contributed by atoms with van der Waals surface area (Å²) < 4.78 is 7.42. The van der Waals surface area contributed by atoms with Gasteiger partial charge in [0.2, 0.25) is 0 Å². The van der Waals surface area contributed by atoms with Crippen molar-refractivity contribution in [1.82, 2.24) is 5.32 Å². The van der Waals surface area contributed by atoms with Crippen LogP contribution in [0.25, 0.3) is 0 Å². The molecule has 1 spiro atoms. The zero-order chi connectivity index (χ0) is 12.8. The maximum Gasteiger partial charge on any atom is 0.126 e. The van der Waals surface area contributed by atoms with E-state index in [4.69, 9.17) is 10.5 Å². The van der Waals surface area contributed by atoms with E-state index in [2.05, 4.69) is 34.2 Å². The van der Waals surface area contributed by atoms with Crippen LogP contribution in [0.4, 0.5) is 0 Å². The lowest BCUT2D eigenvalue weighted by Crippen LogP contribution is -2.55. The highest BCUT2D eigenvalue weighted by Gasteiger charge is 2.45. The number of ether oxygens (including phenoxy) is 1. The van der Waals surface area contributed by atoms with Crippen LogP contribution >= 0.6 is 15.9 Å². The van der Waals surface area contributed by atoms with Crippen LogP contribution in [-0.4, -0.2) is 18.7 Å². The summed E-state index contributed by atoms with van der Waals surface area (Å²) in [7, 11) is 0. The second-order valence-corrected chi connectivity index (χ2v) is 6.43. The van der Waals surface area contributed by atoms with Gasteiger partial charge in [0.1, 0.15) is 11.4 Å². The molecule has 0 amide bonds. The van der Waals surface area contributed by atoms with E-state index in [0.29, 0.717) is 5.92 Å². The Balaban J connectivity index is 1.99. The summed E-state index contributed by atoms with van der Waals surface area (Å²) in [5.41, 5.74) is 7.40. The molecule has 1 aromatic carbocycles. The van der Waals surface area contributed by atoms with Gasteiger partial charge in [-0.05, 0) is 25.1 Å². The van der Waals surface area contributed by atoms with Gasteiger partial charge in [0.25, 0.3) is 0 Å². The molecule has 1 aromatic rings. The Hall–Kier alpha value is -0.580. The molecule has 0 aliphatic carbocycles. The van der Waals surface area contributed by atoms with Crippen molar-refractivity contribution in [3.63, 3.8) is 0 Å². The van der Waals surface area contributed by atoms with Gasteiger partial charge in [-0.3, -0.25) is 0 Å². The summed E-state index contributed by atoms with van der Waals surface area (Å²) in [4.78, 5) is 0. The Labute approximate surface area is 116 Å². The lowest BCUT2D eigenvalue weighted by molar-refractivity contribution is -0.0335. The Morgan fingerprint density at radius 1 is 1.50 bits per heavy atom. The van der Waals surface area contributed by atoms with Crippen molar-refractivity contribution in [3.8, 4) is 5.75 Å². The van der Waals surface area contributed by atoms with Gasteiger partial charge in [-0.15, -0.1) is 0 Å². The molecule has 3 unspecified atom stereocenters. The molecular weight excluding hydrogens is 292 g/mol. The molecule has 98 valence electrons. The van der Waals surface area contributed by atoms with Crippen molar-refractivity contribution in [1.29, 1.82) is 0 Å². The summed E-state index contributed by atoms with van der Waals surface area (Å²) in [5.74, 6) is 1.45. The number of halogens is 1. The van der Waals surface area contributed by atoms with Gasteiger partial charge >= 0.3 is 0 Å². The molecule has 0 aromatic heterocycles. The summed E-state index contributed by atoms with van der Waals surface area (Å²) >= 11 is 3.50. The van der Waals surface area contributed by atoms with Crippen LogP contribution in [0.5, 0.6) is 5.75 Å². The van der Waals surface area contributed by atoms with Crippen molar-refractivity contribution in [2.24, 2.45) is 11.7 Å². The molecular formula is C14H19BrN2O. The van der Waals surface area contributed by atoms with E-state index >= 15 is 0 Å². The minimum absolute atomic E-state index is 0.0849. The topological polar surface area (TPSA) is 47.3 Å². The van der Waals surface area contributed by atoms with E-state index in [-0.39, 0.29) is 11.6 Å². The summed E-state index contributed by atoms with van der Waals surface area (Å²) in [6.07, 6.45) is 1.96. The first-order valence-corrected chi connectivity index (χ1v) is 7.35. The SMILES string of the molecule is CC1CNCCC12CC(N)c1ccc(Br)cc1O2. The smallest absolute Gasteiger partial charge is 0.126 e. The Morgan fingerprint density at radius 3 is 3.11 bits per heavy atom. The third kappa shape index (κ3) is 1.96. The number of fused-ring (bicyclic) bond motifs is 1. The fourth-order valence-electron chi connectivity index (χ4n) is 3.15. The second-order valence-electron chi connectivity index (χ2n) is 5.51. The molecule has 3 N–H and O–H groups in total. The minimum atomic E-state index is -0.0849. The van der Waals surface area contributed by atoms with Crippen LogP contribution in [0.1, 0.15) is 31.4 Å². The molecule has 3 rings (SSSR count).